The molecule has 0 spiro atoms. The van der Waals surface area contributed by atoms with E-state index in [9.17, 15) is 4.79 Å². The lowest BCUT2D eigenvalue weighted by atomic mass is 10.7. The molecule has 0 rings (SSSR count). The summed E-state index contributed by atoms with van der Waals surface area (Å²) in [6.07, 6.45) is -0.905. The average Bonchev–Trinajstić information content (AvgIpc) is 1.97. The van der Waals surface area contributed by atoms with Crippen molar-refractivity contribution in [3.8, 4) is 0 Å². The first-order valence-corrected chi connectivity index (χ1v) is 5.72. The summed E-state index contributed by atoms with van der Waals surface area (Å²) < 4.78 is 1.19. The predicted molar refractivity (Wildman–Crippen MR) is 54.4 cm³/mol. The molecule has 0 aliphatic heterocycles. The summed E-state index contributed by atoms with van der Waals surface area (Å²) in [7, 11) is 8.31. The van der Waals surface area contributed by atoms with Crippen molar-refractivity contribution in [2.24, 2.45) is 0 Å². The van der Waals surface area contributed by atoms with Gasteiger partial charge in [0.2, 0.25) is 0 Å². The Morgan fingerprint density at radius 3 is 2.42 bits per heavy atom. The molecule has 4 nitrogen and oxygen atoms in total. The third kappa shape index (κ3) is 6.63. The highest BCUT2D eigenvalue weighted by Gasteiger charge is 2.05. The van der Waals surface area contributed by atoms with E-state index in [0.29, 0.717) is 0 Å². The molecule has 72 valence electrons. The van der Waals surface area contributed by atoms with Gasteiger partial charge in [0.05, 0.1) is 0 Å². The molecule has 12 heavy (non-hydrogen) atoms. The molecule has 6 heteroatoms. The number of nitrogens with zero attached hydrogens (tertiary/aromatic N) is 2. The van der Waals surface area contributed by atoms with Crippen LogP contribution in [0.25, 0.3) is 0 Å². The molecule has 0 aliphatic rings. The fourth-order valence-corrected chi connectivity index (χ4v) is 2.22. The third-order valence-corrected chi connectivity index (χ3v) is 3.38. The van der Waals surface area contributed by atoms with Crippen LogP contribution in [0.2, 0.25) is 0 Å². The fourth-order valence-electron chi connectivity index (χ4n) is 0.368. The second-order valence-electron chi connectivity index (χ2n) is 2.48. The summed E-state index contributed by atoms with van der Waals surface area (Å²) in [4.78, 5) is 12.4. The van der Waals surface area contributed by atoms with Crippen molar-refractivity contribution in [1.29, 1.82) is 0 Å². The summed E-state index contributed by atoms with van der Waals surface area (Å²) >= 11 is 0. The largest absolute Gasteiger partial charge is 0.464 e. The van der Waals surface area contributed by atoms with E-state index in [1.165, 1.54) is 33.1 Å². The average molecular weight is 210 g/mol. The number of hydrogen-bond acceptors (Lipinski definition) is 4. The van der Waals surface area contributed by atoms with Gasteiger partial charge >= 0.3 is 6.09 Å². The first kappa shape index (κ1) is 11.9. The SMILES string of the molecule is CN(C)CCSSN(C)C(=O)O. The van der Waals surface area contributed by atoms with Gasteiger partial charge in [-0.3, -0.25) is 0 Å². The number of carbonyl (C=O) groups is 1. The molecule has 0 saturated heterocycles. The lowest BCUT2D eigenvalue weighted by Crippen LogP contribution is -2.17. The van der Waals surface area contributed by atoms with Gasteiger partial charge in [0, 0.05) is 30.3 Å². The van der Waals surface area contributed by atoms with Crippen molar-refractivity contribution in [2.45, 2.75) is 0 Å². The number of amides is 1. The minimum atomic E-state index is -0.905. The molecule has 0 aromatic rings. The van der Waals surface area contributed by atoms with Crippen molar-refractivity contribution in [3.05, 3.63) is 0 Å². The van der Waals surface area contributed by atoms with E-state index < -0.39 is 6.09 Å². The highest BCUT2D eigenvalue weighted by molar-refractivity contribution is 8.75. The molecule has 1 N–H and O–H groups in total. The van der Waals surface area contributed by atoms with E-state index in [0.717, 1.165) is 12.3 Å². The lowest BCUT2D eigenvalue weighted by molar-refractivity contribution is 0.181. The Bertz CT molecular complexity index is 144. The van der Waals surface area contributed by atoms with Gasteiger partial charge in [0.25, 0.3) is 0 Å². The van der Waals surface area contributed by atoms with Crippen molar-refractivity contribution < 1.29 is 9.90 Å². The molecule has 0 unspecified atom stereocenters. The Balaban J connectivity index is 3.25. The van der Waals surface area contributed by atoms with Crippen LogP contribution in [0.1, 0.15) is 0 Å². The van der Waals surface area contributed by atoms with Crippen LogP contribution in [-0.2, 0) is 0 Å². The lowest BCUT2D eigenvalue weighted by Gasteiger charge is -2.11. The van der Waals surface area contributed by atoms with E-state index in [2.05, 4.69) is 4.90 Å². The van der Waals surface area contributed by atoms with Gasteiger partial charge in [0.1, 0.15) is 0 Å². The highest BCUT2D eigenvalue weighted by Crippen LogP contribution is 2.23. The zero-order valence-corrected chi connectivity index (χ0v) is 9.11. The van der Waals surface area contributed by atoms with Crippen molar-refractivity contribution in [2.75, 3.05) is 33.4 Å². The Kier molecular flexibility index (Phi) is 6.41. The molecule has 0 fully saturated rings. The van der Waals surface area contributed by atoms with Crippen LogP contribution >= 0.6 is 21.8 Å². The van der Waals surface area contributed by atoms with Crippen LogP contribution in [0.3, 0.4) is 0 Å². The summed E-state index contributed by atoms with van der Waals surface area (Å²) in [5, 5.41) is 8.47. The van der Waals surface area contributed by atoms with Crippen LogP contribution in [0, 0.1) is 0 Å². The van der Waals surface area contributed by atoms with Crippen LogP contribution in [-0.4, -0.2) is 53.8 Å². The van der Waals surface area contributed by atoms with Crippen LogP contribution in [0.4, 0.5) is 4.79 Å². The maximum absolute atomic E-state index is 10.3. The van der Waals surface area contributed by atoms with E-state index in [1.807, 2.05) is 14.1 Å². The van der Waals surface area contributed by atoms with Gasteiger partial charge in [-0.05, 0) is 14.1 Å². The van der Waals surface area contributed by atoms with Gasteiger partial charge in [-0.1, -0.05) is 10.8 Å². The molecule has 0 aromatic carbocycles. The van der Waals surface area contributed by atoms with Crippen molar-refractivity contribution in [3.63, 3.8) is 0 Å². The Morgan fingerprint density at radius 1 is 1.42 bits per heavy atom. The van der Waals surface area contributed by atoms with E-state index in [1.54, 1.807) is 0 Å². The van der Waals surface area contributed by atoms with Crippen molar-refractivity contribution in [1.82, 2.24) is 9.21 Å². The van der Waals surface area contributed by atoms with Crippen LogP contribution < -0.4 is 0 Å². The number of carboxylic acid groups (broad SMARTS) is 1. The smallest absolute Gasteiger partial charge is 0.417 e. The normalized spacial score (nSPS) is 10.3. The van der Waals surface area contributed by atoms with Gasteiger partial charge in [-0.25, -0.2) is 9.10 Å². The van der Waals surface area contributed by atoms with E-state index >= 15 is 0 Å². The van der Waals surface area contributed by atoms with E-state index in [-0.39, 0.29) is 0 Å². The minimum absolute atomic E-state index is 0.905. The topological polar surface area (TPSA) is 43.8 Å². The zero-order chi connectivity index (χ0) is 9.56. The molecule has 0 aliphatic carbocycles. The fraction of sp³-hybridized carbons (Fsp3) is 0.833. The van der Waals surface area contributed by atoms with Gasteiger partial charge in [0.15, 0.2) is 0 Å². The summed E-state index contributed by atoms with van der Waals surface area (Å²) in [6.45, 7) is 0.963. The molecule has 0 aromatic heterocycles. The first-order chi connectivity index (χ1) is 5.54. The standard InChI is InChI=1S/C6H14N2O2S2/c1-7(2)4-5-11-12-8(3)6(9)10/h4-5H2,1-3H3,(H,9,10). The quantitative estimate of drug-likeness (QED) is 0.423. The maximum Gasteiger partial charge on any atom is 0.417 e. The second-order valence-corrected chi connectivity index (χ2v) is 4.97. The first-order valence-electron chi connectivity index (χ1n) is 3.45. The van der Waals surface area contributed by atoms with Gasteiger partial charge in [-0.15, -0.1) is 0 Å². The van der Waals surface area contributed by atoms with Gasteiger partial charge < -0.3 is 10.0 Å². The predicted octanol–water partition coefficient (Wildman–Crippen LogP) is 1.45. The zero-order valence-electron chi connectivity index (χ0n) is 7.48. The number of rotatable bonds is 5. The molecule has 0 radical (unpaired) electrons. The number of hydrogen-bond donors (Lipinski definition) is 1. The summed E-state index contributed by atoms with van der Waals surface area (Å²) in [5.41, 5.74) is 0. The maximum atomic E-state index is 10.3. The van der Waals surface area contributed by atoms with Gasteiger partial charge in [-0.2, -0.15) is 0 Å². The third-order valence-electron chi connectivity index (χ3n) is 1.06. The molecule has 1 amide bonds. The van der Waals surface area contributed by atoms with Crippen LogP contribution in [0.5, 0.6) is 0 Å². The molecule has 0 atom stereocenters. The molecular weight excluding hydrogens is 196 g/mol. The summed E-state index contributed by atoms with van der Waals surface area (Å²) in [6, 6.07) is 0. The highest BCUT2D eigenvalue weighted by atomic mass is 33.1. The Morgan fingerprint density at radius 2 is 2.00 bits per heavy atom. The van der Waals surface area contributed by atoms with Crippen molar-refractivity contribution >= 4 is 27.9 Å². The molecular formula is C6H14N2O2S2. The summed E-state index contributed by atoms with van der Waals surface area (Å²) in [5.74, 6) is 0.926. The second kappa shape index (κ2) is 6.45. The monoisotopic (exact) mass is 210 g/mol. The Labute approximate surface area is 80.8 Å². The minimum Gasteiger partial charge on any atom is -0.464 e. The molecule has 0 bridgehead atoms. The van der Waals surface area contributed by atoms with Crippen LogP contribution in [0.15, 0.2) is 0 Å². The Hall–Kier alpha value is -0.0700. The van der Waals surface area contributed by atoms with E-state index in [4.69, 9.17) is 5.11 Å². The molecule has 0 heterocycles. The molecule has 0 saturated carbocycles.